The normalized spacial score (nSPS) is 15.3. The van der Waals surface area contributed by atoms with Crippen LogP contribution in [0.15, 0.2) is 60.9 Å². The number of H-pyrrole nitrogens is 2. The minimum absolute atomic E-state index is 0.332. The number of carbonyl (C=O) groups is 1. The van der Waals surface area contributed by atoms with Gasteiger partial charge < -0.3 is 9.97 Å². The summed E-state index contributed by atoms with van der Waals surface area (Å²) in [7, 11) is 0. The van der Waals surface area contributed by atoms with Gasteiger partial charge in [0, 0.05) is 59.2 Å². The highest BCUT2D eigenvalue weighted by Crippen LogP contribution is 2.37. The molecule has 0 aliphatic heterocycles. The van der Waals surface area contributed by atoms with Gasteiger partial charge in [-0.05, 0) is 77.8 Å². The molecule has 1 aliphatic rings. The number of aromatic amines is 2. The lowest BCUT2D eigenvalue weighted by molar-refractivity contribution is -0.124. The van der Waals surface area contributed by atoms with Gasteiger partial charge in [-0.15, -0.1) is 0 Å². The number of halogens is 1. The maximum absolute atomic E-state index is 11.4. The van der Waals surface area contributed by atoms with Crippen molar-refractivity contribution >= 4 is 34.5 Å². The number of benzene rings is 2. The van der Waals surface area contributed by atoms with Crippen LogP contribution in [0, 0.1) is 0 Å². The van der Waals surface area contributed by atoms with Crippen molar-refractivity contribution in [3.05, 3.63) is 99.5 Å². The van der Waals surface area contributed by atoms with Crippen LogP contribution in [0.3, 0.4) is 0 Å². The number of nitrogens with one attached hydrogen (secondary N) is 3. The van der Waals surface area contributed by atoms with E-state index >= 15 is 0 Å². The number of rotatable bonds is 9. The van der Waals surface area contributed by atoms with Crippen molar-refractivity contribution in [2.24, 2.45) is 0 Å². The molecule has 1 unspecified atom stereocenters. The maximum Gasteiger partial charge on any atom is 0.267 e. The Hall–Kier alpha value is -3.32. The van der Waals surface area contributed by atoms with E-state index in [1.165, 1.54) is 39.4 Å². The van der Waals surface area contributed by atoms with Gasteiger partial charge in [-0.3, -0.25) is 14.9 Å². The first-order chi connectivity index (χ1) is 17.5. The number of carbonyl (C=O) groups excluding carboxylic acids is 1. The summed E-state index contributed by atoms with van der Waals surface area (Å²) in [6.07, 6.45) is 11.3. The van der Waals surface area contributed by atoms with E-state index in [1.807, 2.05) is 18.2 Å². The second kappa shape index (κ2) is 10.7. The number of hydrogen-bond donors (Lipinski definition) is 4. The number of hydrogen-bond acceptors (Lipinski definition) is 3. The van der Waals surface area contributed by atoms with Crippen molar-refractivity contribution in [3.8, 4) is 0 Å². The molecule has 36 heavy (non-hydrogen) atoms. The van der Waals surface area contributed by atoms with E-state index in [0.717, 1.165) is 54.9 Å². The van der Waals surface area contributed by atoms with Gasteiger partial charge in [0.05, 0.1) is 0 Å². The smallest absolute Gasteiger partial charge is 0.267 e. The molecule has 2 heterocycles. The first kappa shape index (κ1) is 24.4. The van der Waals surface area contributed by atoms with E-state index in [0.29, 0.717) is 6.04 Å². The van der Waals surface area contributed by atoms with Crippen molar-refractivity contribution in [3.63, 3.8) is 0 Å². The molecular formula is C29H31ClN4O2. The van der Waals surface area contributed by atoms with Crippen LogP contribution in [-0.4, -0.2) is 32.5 Å². The van der Waals surface area contributed by atoms with E-state index in [2.05, 4.69) is 58.5 Å². The highest BCUT2D eigenvalue weighted by atomic mass is 35.5. The van der Waals surface area contributed by atoms with E-state index in [4.69, 9.17) is 16.8 Å². The third-order valence-corrected chi connectivity index (χ3v) is 7.39. The summed E-state index contributed by atoms with van der Waals surface area (Å²) < 4.78 is 0. The van der Waals surface area contributed by atoms with Gasteiger partial charge >= 0.3 is 0 Å². The first-order valence-corrected chi connectivity index (χ1v) is 12.8. The number of fused-ring (bicyclic) bond motifs is 2. The Balaban J connectivity index is 1.39. The summed E-state index contributed by atoms with van der Waals surface area (Å²) in [6, 6.07) is 15.0. The second-order valence-corrected chi connectivity index (χ2v) is 9.87. The van der Waals surface area contributed by atoms with Crippen LogP contribution in [0.4, 0.5) is 0 Å². The second-order valence-electron chi connectivity index (χ2n) is 9.43. The maximum atomic E-state index is 11.4. The molecule has 186 valence electrons. The Morgan fingerprint density at radius 2 is 2.08 bits per heavy atom. The summed E-state index contributed by atoms with van der Waals surface area (Å²) in [6.45, 7) is 3.98. The van der Waals surface area contributed by atoms with Crippen LogP contribution in [0.5, 0.6) is 0 Å². The van der Waals surface area contributed by atoms with Crippen LogP contribution in [0.1, 0.15) is 52.9 Å². The van der Waals surface area contributed by atoms with Crippen molar-refractivity contribution in [1.29, 1.82) is 0 Å². The molecule has 7 heteroatoms. The van der Waals surface area contributed by atoms with Gasteiger partial charge in [0.2, 0.25) is 0 Å². The van der Waals surface area contributed by atoms with Crippen molar-refractivity contribution in [2.45, 2.75) is 45.2 Å². The number of amides is 1. The van der Waals surface area contributed by atoms with E-state index in [1.54, 1.807) is 11.6 Å². The van der Waals surface area contributed by atoms with Gasteiger partial charge in [-0.1, -0.05) is 42.8 Å². The summed E-state index contributed by atoms with van der Waals surface area (Å²) in [5.74, 6) is -0.531. The van der Waals surface area contributed by atoms with Crippen molar-refractivity contribution in [1.82, 2.24) is 20.3 Å². The fraction of sp³-hybridized carbons (Fsp3) is 0.276. The predicted octanol–water partition coefficient (Wildman–Crippen LogP) is 5.96. The molecule has 0 bridgehead atoms. The quantitative estimate of drug-likeness (QED) is 0.129. The topological polar surface area (TPSA) is 84.2 Å². The van der Waals surface area contributed by atoms with Gasteiger partial charge in [-0.25, -0.2) is 5.48 Å². The van der Waals surface area contributed by atoms with Crippen molar-refractivity contribution in [2.75, 3.05) is 6.54 Å². The Morgan fingerprint density at radius 1 is 1.19 bits per heavy atom. The molecule has 0 fully saturated rings. The van der Waals surface area contributed by atoms with E-state index in [9.17, 15) is 4.79 Å². The molecule has 6 nitrogen and oxygen atoms in total. The highest BCUT2D eigenvalue weighted by molar-refractivity contribution is 6.31. The van der Waals surface area contributed by atoms with E-state index in [-0.39, 0.29) is 0 Å². The monoisotopic (exact) mass is 502 g/mol. The molecule has 5 rings (SSSR count). The molecule has 0 saturated heterocycles. The van der Waals surface area contributed by atoms with Gasteiger partial charge in [-0.2, -0.15) is 0 Å². The number of aromatic nitrogens is 2. The number of aryl methyl sites for hydroxylation is 2. The highest BCUT2D eigenvalue weighted by Gasteiger charge is 2.28. The van der Waals surface area contributed by atoms with Gasteiger partial charge in [0.25, 0.3) is 5.91 Å². The zero-order valence-electron chi connectivity index (χ0n) is 20.4. The molecule has 1 amide bonds. The Bertz CT molecular complexity index is 1400. The van der Waals surface area contributed by atoms with Crippen LogP contribution in [0.25, 0.3) is 17.0 Å². The minimum atomic E-state index is -0.531. The first-order valence-electron chi connectivity index (χ1n) is 12.4. The third kappa shape index (κ3) is 5.26. The molecule has 0 saturated carbocycles. The molecule has 1 atom stereocenters. The van der Waals surface area contributed by atoms with Crippen LogP contribution < -0.4 is 5.48 Å². The van der Waals surface area contributed by atoms with Gasteiger partial charge in [0.15, 0.2) is 0 Å². The third-order valence-electron chi connectivity index (χ3n) is 7.16. The summed E-state index contributed by atoms with van der Waals surface area (Å²) in [5, 5.41) is 10.7. The molecule has 2 aromatic carbocycles. The lowest BCUT2D eigenvalue weighted by Gasteiger charge is -2.29. The standard InChI is InChI=1S/C29H31ClN4O2/c1-2-24-14-20(16-31-24)18-34(12-11-22-17-32-27-15-23(30)6-8-25(22)27)28-9-5-21-13-19(3-7-26(21)28)4-10-29(35)33-36/h3-4,6-8,10,13-17,28,31-32,36H,2,5,9,11-12,18H2,1H3,(H,33,35). The van der Waals surface area contributed by atoms with Gasteiger partial charge in [0.1, 0.15) is 0 Å². The van der Waals surface area contributed by atoms with E-state index < -0.39 is 5.91 Å². The molecular weight excluding hydrogens is 472 g/mol. The van der Waals surface area contributed by atoms with Crippen molar-refractivity contribution < 1.29 is 10.0 Å². The molecule has 1 aliphatic carbocycles. The largest absolute Gasteiger partial charge is 0.365 e. The van der Waals surface area contributed by atoms with Crippen LogP contribution >= 0.6 is 11.6 Å². The molecule has 0 radical (unpaired) electrons. The Morgan fingerprint density at radius 3 is 2.89 bits per heavy atom. The van der Waals surface area contributed by atoms with Crippen LogP contribution in [-0.2, 0) is 30.6 Å². The summed E-state index contributed by atoms with van der Waals surface area (Å²) >= 11 is 6.18. The summed E-state index contributed by atoms with van der Waals surface area (Å²) in [5.41, 5.74) is 10.2. The fourth-order valence-electron chi connectivity index (χ4n) is 5.30. The number of nitrogens with zero attached hydrogens (tertiary/aromatic N) is 1. The molecule has 0 spiro atoms. The number of hydroxylamine groups is 1. The zero-order chi connectivity index (χ0) is 25.1. The summed E-state index contributed by atoms with van der Waals surface area (Å²) in [4.78, 5) is 20.7. The molecule has 2 aromatic heterocycles. The average molecular weight is 503 g/mol. The molecule has 4 N–H and O–H groups in total. The lowest BCUT2D eigenvalue weighted by atomic mass is 10.0. The van der Waals surface area contributed by atoms with Crippen LogP contribution in [0.2, 0.25) is 5.02 Å². The fourth-order valence-corrected chi connectivity index (χ4v) is 5.48. The lowest BCUT2D eigenvalue weighted by Crippen LogP contribution is -2.29. The minimum Gasteiger partial charge on any atom is -0.365 e. The predicted molar refractivity (Wildman–Crippen MR) is 144 cm³/mol. The Labute approximate surface area is 215 Å². The average Bonchev–Trinajstić information content (AvgIpc) is 3.62. The SMILES string of the molecule is CCc1cc(CN(CCc2c[nH]c3cc(Cl)ccc23)C2CCc3cc(C=CC(=O)NO)ccc32)c[nH]1. The zero-order valence-corrected chi connectivity index (χ0v) is 21.1. The Kier molecular flexibility index (Phi) is 7.28. The molecule has 4 aromatic rings.